The monoisotopic (exact) mass is 310 g/mol. The maximum atomic E-state index is 5.24. The van der Waals surface area contributed by atoms with Crippen LogP contribution in [0.15, 0.2) is 54.6 Å². The van der Waals surface area contributed by atoms with E-state index in [0.717, 1.165) is 11.5 Å². The van der Waals surface area contributed by atoms with E-state index in [1.165, 1.54) is 26.4 Å². The fraction of sp³-hybridized carbons (Fsp3) is 0.158. The highest BCUT2D eigenvalue weighted by molar-refractivity contribution is 7.16. The lowest BCUT2D eigenvalue weighted by atomic mass is 10.0. The predicted molar refractivity (Wildman–Crippen MR) is 93.0 cm³/mol. The quantitative estimate of drug-likeness (QED) is 0.641. The summed E-state index contributed by atoms with van der Waals surface area (Å²) in [6.07, 6.45) is 0. The second-order valence-electron chi connectivity index (χ2n) is 5.06. The van der Waals surface area contributed by atoms with E-state index in [9.17, 15) is 0 Å². The molecule has 0 aliphatic heterocycles. The van der Waals surface area contributed by atoms with Crippen molar-refractivity contribution >= 4 is 11.3 Å². The highest BCUT2D eigenvalue weighted by Crippen LogP contribution is 2.39. The fourth-order valence-corrected chi connectivity index (χ4v) is 3.50. The van der Waals surface area contributed by atoms with Gasteiger partial charge in [-0.3, -0.25) is 0 Å². The van der Waals surface area contributed by atoms with E-state index in [1.807, 2.05) is 35.6 Å². The maximum absolute atomic E-state index is 5.24. The van der Waals surface area contributed by atoms with Crippen LogP contribution >= 0.6 is 11.3 Å². The SMILES string of the molecule is COc1ccc(-c2cc(C)sc2-c2ccc(OC)cc2)cc1. The average molecular weight is 310 g/mol. The molecule has 0 saturated carbocycles. The zero-order valence-electron chi connectivity index (χ0n) is 12.9. The molecule has 0 bridgehead atoms. The normalized spacial score (nSPS) is 10.5. The maximum Gasteiger partial charge on any atom is 0.118 e. The first-order valence-corrected chi connectivity index (χ1v) is 7.92. The topological polar surface area (TPSA) is 18.5 Å². The minimum atomic E-state index is 0.877. The second-order valence-corrected chi connectivity index (χ2v) is 6.31. The van der Waals surface area contributed by atoms with Crippen molar-refractivity contribution in [1.29, 1.82) is 0 Å². The van der Waals surface area contributed by atoms with E-state index >= 15 is 0 Å². The average Bonchev–Trinajstić information content (AvgIpc) is 2.97. The third kappa shape index (κ3) is 2.85. The molecule has 0 spiro atoms. The first kappa shape index (κ1) is 14.7. The third-order valence-corrected chi connectivity index (χ3v) is 4.71. The van der Waals surface area contributed by atoms with Crippen molar-refractivity contribution in [3.05, 3.63) is 59.5 Å². The molecule has 3 aromatic rings. The third-order valence-electron chi connectivity index (χ3n) is 3.61. The van der Waals surface area contributed by atoms with Crippen molar-refractivity contribution in [2.45, 2.75) is 6.92 Å². The molecule has 0 N–H and O–H groups in total. The van der Waals surface area contributed by atoms with Gasteiger partial charge in [-0.2, -0.15) is 0 Å². The number of hydrogen-bond acceptors (Lipinski definition) is 3. The lowest BCUT2D eigenvalue weighted by Gasteiger charge is -2.07. The van der Waals surface area contributed by atoms with Crippen LogP contribution in [0.3, 0.4) is 0 Å². The van der Waals surface area contributed by atoms with Crippen molar-refractivity contribution in [2.24, 2.45) is 0 Å². The van der Waals surface area contributed by atoms with Gasteiger partial charge in [0.25, 0.3) is 0 Å². The zero-order valence-corrected chi connectivity index (χ0v) is 13.7. The highest BCUT2D eigenvalue weighted by Gasteiger charge is 2.11. The van der Waals surface area contributed by atoms with Gasteiger partial charge in [-0.05, 0) is 60.5 Å². The number of ether oxygens (including phenoxy) is 2. The number of thiophene rings is 1. The summed E-state index contributed by atoms with van der Waals surface area (Å²) in [5.41, 5.74) is 3.68. The predicted octanol–water partition coefficient (Wildman–Crippen LogP) is 5.41. The van der Waals surface area contributed by atoms with Crippen LogP contribution in [0.4, 0.5) is 0 Å². The number of rotatable bonds is 4. The Kier molecular flexibility index (Phi) is 4.16. The first-order chi connectivity index (χ1) is 10.7. The molecule has 2 nitrogen and oxygen atoms in total. The molecular formula is C19H18O2S. The molecule has 22 heavy (non-hydrogen) atoms. The molecule has 2 aromatic carbocycles. The van der Waals surface area contributed by atoms with E-state index in [0.29, 0.717) is 0 Å². The summed E-state index contributed by atoms with van der Waals surface area (Å²) in [7, 11) is 3.37. The Morgan fingerprint density at radius 1 is 0.727 bits per heavy atom. The lowest BCUT2D eigenvalue weighted by molar-refractivity contribution is 0.414. The molecular weight excluding hydrogens is 292 g/mol. The van der Waals surface area contributed by atoms with Crippen LogP contribution in [0.1, 0.15) is 4.88 Å². The van der Waals surface area contributed by atoms with Crippen molar-refractivity contribution in [1.82, 2.24) is 0 Å². The van der Waals surface area contributed by atoms with Gasteiger partial charge in [0.05, 0.1) is 14.2 Å². The van der Waals surface area contributed by atoms with Crippen LogP contribution in [0.25, 0.3) is 21.6 Å². The summed E-state index contributed by atoms with van der Waals surface area (Å²) in [5.74, 6) is 1.75. The molecule has 3 heteroatoms. The summed E-state index contributed by atoms with van der Waals surface area (Å²) >= 11 is 1.81. The molecule has 1 heterocycles. The minimum absolute atomic E-state index is 0.877. The van der Waals surface area contributed by atoms with Crippen molar-refractivity contribution in [3.63, 3.8) is 0 Å². The minimum Gasteiger partial charge on any atom is -0.497 e. The summed E-state index contributed by atoms with van der Waals surface area (Å²) in [6, 6.07) is 18.7. The molecule has 0 aliphatic rings. The van der Waals surface area contributed by atoms with Gasteiger partial charge in [0.1, 0.15) is 11.5 Å². The Bertz CT molecular complexity index is 690. The Labute approximate surface area is 135 Å². The molecule has 0 saturated heterocycles. The summed E-state index contributed by atoms with van der Waals surface area (Å²) in [4.78, 5) is 2.59. The smallest absolute Gasteiger partial charge is 0.118 e. The van der Waals surface area contributed by atoms with Crippen LogP contribution in [-0.4, -0.2) is 14.2 Å². The Hall–Kier alpha value is -2.26. The van der Waals surface area contributed by atoms with E-state index in [2.05, 4.69) is 37.3 Å². The van der Waals surface area contributed by atoms with Crippen molar-refractivity contribution < 1.29 is 9.47 Å². The number of benzene rings is 2. The number of hydrogen-bond donors (Lipinski definition) is 0. The molecule has 3 rings (SSSR count). The Morgan fingerprint density at radius 3 is 1.73 bits per heavy atom. The molecule has 0 radical (unpaired) electrons. The van der Waals surface area contributed by atoms with Crippen LogP contribution < -0.4 is 9.47 Å². The number of aryl methyl sites for hydroxylation is 1. The van der Waals surface area contributed by atoms with Gasteiger partial charge in [-0.25, -0.2) is 0 Å². The van der Waals surface area contributed by atoms with Gasteiger partial charge in [-0.1, -0.05) is 12.1 Å². The number of methoxy groups -OCH3 is 2. The summed E-state index contributed by atoms with van der Waals surface area (Å²) < 4.78 is 10.5. The van der Waals surface area contributed by atoms with Crippen LogP contribution in [0.2, 0.25) is 0 Å². The van der Waals surface area contributed by atoms with Gasteiger partial charge in [-0.15, -0.1) is 11.3 Å². The first-order valence-electron chi connectivity index (χ1n) is 7.10. The zero-order chi connectivity index (χ0) is 15.5. The summed E-state index contributed by atoms with van der Waals surface area (Å²) in [5, 5.41) is 0. The Balaban J connectivity index is 2.04. The van der Waals surface area contributed by atoms with Gasteiger partial charge < -0.3 is 9.47 Å². The molecule has 0 atom stereocenters. The molecule has 0 unspecified atom stereocenters. The van der Waals surface area contributed by atoms with Gasteiger partial charge in [0, 0.05) is 15.3 Å². The van der Waals surface area contributed by atoms with Gasteiger partial charge in [0.15, 0.2) is 0 Å². The van der Waals surface area contributed by atoms with Gasteiger partial charge in [0.2, 0.25) is 0 Å². The largest absolute Gasteiger partial charge is 0.497 e. The van der Waals surface area contributed by atoms with Crippen molar-refractivity contribution in [2.75, 3.05) is 14.2 Å². The van der Waals surface area contributed by atoms with E-state index in [-0.39, 0.29) is 0 Å². The molecule has 1 aromatic heterocycles. The second kappa shape index (κ2) is 6.24. The molecule has 0 amide bonds. The molecule has 112 valence electrons. The van der Waals surface area contributed by atoms with E-state index in [1.54, 1.807) is 14.2 Å². The molecule has 0 aliphatic carbocycles. The van der Waals surface area contributed by atoms with Crippen LogP contribution in [-0.2, 0) is 0 Å². The standard InChI is InChI=1S/C19H18O2S/c1-13-12-18(14-4-8-16(20-2)9-5-14)19(22-13)15-6-10-17(21-3)11-7-15/h4-12H,1-3H3. The highest BCUT2D eigenvalue weighted by atomic mass is 32.1. The van der Waals surface area contributed by atoms with Crippen LogP contribution in [0.5, 0.6) is 11.5 Å². The summed E-state index contributed by atoms with van der Waals surface area (Å²) in [6.45, 7) is 2.14. The van der Waals surface area contributed by atoms with Crippen LogP contribution in [0, 0.1) is 6.92 Å². The lowest BCUT2D eigenvalue weighted by Crippen LogP contribution is -1.84. The molecule has 0 fully saturated rings. The van der Waals surface area contributed by atoms with E-state index in [4.69, 9.17) is 9.47 Å². The van der Waals surface area contributed by atoms with Gasteiger partial charge >= 0.3 is 0 Å². The van der Waals surface area contributed by atoms with E-state index < -0.39 is 0 Å². The van der Waals surface area contributed by atoms with Crippen molar-refractivity contribution in [3.8, 4) is 33.1 Å². The Morgan fingerprint density at radius 2 is 1.23 bits per heavy atom. The fourth-order valence-electron chi connectivity index (χ4n) is 2.46.